The van der Waals surface area contributed by atoms with E-state index < -0.39 is 5.41 Å². The highest BCUT2D eigenvalue weighted by Gasteiger charge is 2.37. The van der Waals surface area contributed by atoms with Crippen LogP contribution >= 0.6 is 12.6 Å². The Hall–Kier alpha value is -2.32. The van der Waals surface area contributed by atoms with Crippen LogP contribution in [0.4, 0.5) is 0 Å². The topological polar surface area (TPSA) is 17.1 Å². The van der Waals surface area contributed by atoms with E-state index in [1.165, 1.54) is 0 Å². The zero-order valence-corrected chi connectivity index (χ0v) is 14.3. The maximum absolute atomic E-state index is 12.5. The van der Waals surface area contributed by atoms with Crippen molar-refractivity contribution in [2.24, 2.45) is 0 Å². The molecule has 0 aliphatic carbocycles. The zero-order chi connectivity index (χ0) is 16.8. The number of Topliss-reactive ketones (excluding diaryl/α,β-unsaturated/α-hetero) is 1. The van der Waals surface area contributed by atoms with E-state index in [-0.39, 0.29) is 11.5 Å². The van der Waals surface area contributed by atoms with Gasteiger partial charge < -0.3 is 0 Å². The smallest absolute Gasteiger partial charge is 0.144 e. The van der Waals surface area contributed by atoms with E-state index >= 15 is 0 Å². The predicted molar refractivity (Wildman–Crippen MR) is 103 cm³/mol. The highest BCUT2D eigenvalue weighted by atomic mass is 32.1. The van der Waals surface area contributed by atoms with Gasteiger partial charge in [0, 0.05) is 12.2 Å². The van der Waals surface area contributed by atoms with E-state index in [0.717, 1.165) is 16.7 Å². The summed E-state index contributed by atoms with van der Waals surface area (Å²) in [6.07, 6.45) is 0.397. The molecule has 3 aromatic rings. The molecule has 1 nitrogen and oxygen atoms in total. The molecule has 0 heterocycles. The van der Waals surface area contributed by atoms with Crippen LogP contribution < -0.4 is 0 Å². The van der Waals surface area contributed by atoms with Crippen molar-refractivity contribution in [2.75, 3.05) is 5.75 Å². The Morgan fingerprint density at radius 1 is 0.667 bits per heavy atom. The first-order valence-corrected chi connectivity index (χ1v) is 8.70. The molecule has 0 amide bonds. The third kappa shape index (κ3) is 3.15. The number of thiol groups is 1. The van der Waals surface area contributed by atoms with Crippen molar-refractivity contribution in [3.05, 3.63) is 108 Å². The lowest BCUT2D eigenvalue weighted by Gasteiger charge is -2.35. The summed E-state index contributed by atoms with van der Waals surface area (Å²) in [4.78, 5) is 12.5. The van der Waals surface area contributed by atoms with Crippen molar-refractivity contribution in [3.63, 3.8) is 0 Å². The van der Waals surface area contributed by atoms with Gasteiger partial charge in [-0.1, -0.05) is 91.0 Å². The van der Waals surface area contributed by atoms with Crippen molar-refractivity contribution in [2.45, 2.75) is 11.8 Å². The van der Waals surface area contributed by atoms with E-state index in [4.69, 9.17) is 0 Å². The van der Waals surface area contributed by atoms with Crippen LogP contribution in [0.5, 0.6) is 0 Å². The molecule has 0 spiro atoms. The number of carbonyl (C=O) groups excluding carboxylic acids is 1. The highest BCUT2D eigenvalue weighted by Crippen LogP contribution is 2.42. The fourth-order valence-electron chi connectivity index (χ4n) is 3.33. The predicted octanol–water partition coefficient (Wildman–Crippen LogP) is 4.91. The molecule has 0 aliphatic rings. The second-order valence-corrected chi connectivity index (χ2v) is 6.19. The van der Waals surface area contributed by atoms with Crippen LogP contribution in [0.25, 0.3) is 0 Å². The number of hydrogen-bond acceptors (Lipinski definition) is 2. The molecule has 0 atom stereocenters. The van der Waals surface area contributed by atoms with Gasteiger partial charge in [-0.2, -0.15) is 12.6 Å². The van der Waals surface area contributed by atoms with Crippen LogP contribution in [-0.4, -0.2) is 11.5 Å². The summed E-state index contributed by atoms with van der Waals surface area (Å²) in [5.41, 5.74) is 2.87. The standard InChI is InChI=1S/C22H20OS/c23-21(17-24)16-22(18-10-4-1-5-11-18,19-12-6-2-7-13-19)20-14-8-3-9-15-20/h1-15,24H,16-17H2. The van der Waals surface area contributed by atoms with E-state index in [9.17, 15) is 4.79 Å². The molecular weight excluding hydrogens is 312 g/mol. The summed E-state index contributed by atoms with van der Waals surface area (Å²) in [5, 5.41) is 0. The SMILES string of the molecule is O=C(CS)CC(c1ccccc1)(c1ccccc1)c1ccccc1. The van der Waals surface area contributed by atoms with Gasteiger partial charge in [-0.3, -0.25) is 4.79 Å². The van der Waals surface area contributed by atoms with Gasteiger partial charge in [-0.05, 0) is 16.7 Å². The van der Waals surface area contributed by atoms with E-state index in [2.05, 4.69) is 49.0 Å². The summed E-state index contributed by atoms with van der Waals surface area (Å²) in [7, 11) is 0. The third-order valence-corrected chi connectivity index (χ3v) is 4.79. The molecule has 0 N–H and O–H groups in total. The summed E-state index contributed by atoms with van der Waals surface area (Å²) in [6, 6.07) is 30.8. The molecule has 0 saturated heterocycles. The molecule has 3 aromatic carbocycles. The number of ketones is 1. The maximum Gasteiger partial charge on any atom is 0.144 e. The van der Waals surface area contributed by atoms with E-state index in [1.807, 2.05) is 54.6 Å². The van der Waals surface area contributed by atoms with Gasteiger partial charge >= 0.3 is 0 Å². The van der Waals surface area contributed by atoms with Crippen LogP contribution in [0.3, 0.4) is 0 Å². The van der Waals surface area contributed by atoms with Crippen molar-refractivity contribution >= 4 is 18.4 Å². The van der Waals surface area contributed by atoms with Crippen molar-refractivity contribution in [1.82, 2.24) is 0 Å². The Kier molecular flexibility index (Phi) is 5.17. The summed E-state index contributed by atoms with van der Waals surface area (Å²) >= 11 is 4.22. The largest absolute Gasteiger partial charge is 0.299 e. The number of rotatable bonds is 6. The Morgan fingerprint density at radius 2 is 1.00 bits per heavy atom. The first kappa shape index (κ1) is 16.5. The summed E-state index contributed by atoms with van der Waals surface area (Å²) in [5.74, 6) is 0.378. The quantitative estimate of drug-likeness (QED) is 0.501. The van der Waals surface area contributed by atoms with Gasteiger partial charge in [0.15, 0.2) is 0 Å². The van der Waals surface area contributed by atoms with Crippen LogP contribution in [0, 0.1) is 0 Å². The average molecular weight is 332 g/mol. The normalized spacial score (nSPS) is 11.2. The van der Waals surface area contributed by atoms with Gasteiger partial charge in [0.25, 0.3) is 0 Å². The Morgan fingerprint density at radius 3 is 1.29 bits per heavy atom. The van der Waals surface area contributed by atoms with Gasteiger partial charge in [0.1, 0.15) is 5.78 Å². The molecule has 24 heavy (non-hydrogen) atoms. The first-order valence-electron chi connectivity index (χ1n) is 8.06. The first-order chi connectivity index (χ1) is 11.8. The van der Waals surface area contributed by atoms with Crippen LogP contribution in [0.2, 0.25) is 0 Å². The maximum atomic E-state index is 12.5. The molecule has 0 saturated carbocycles. The Bertz CT molecular complexity index is 685. The molecule has 0 aliphatic heterocycles. The van der Waals surface area contributed by atoms with E-state index in [1.54, 1.807) is 0 Å². The molecule has 0 bridgehead atoms. The fourth-order valence-corrected chi connectivity index (χ4v) is 3.44. The lowest BCUT2D eigenvalue weighted by Crippen LogP contribution is -2.32. The van der Waals surface area contributed by atoms with Gasteiger partial charge in [0.05, 0.1) is 5.41 Å². The summed E-state index contributed by atoms with van der Waals surface area (Å²) < 4.78 is 0. The molecule has 0 unspecified atom stereocenters. The molecule has 0 fully saturated rings. The highest BCUT2D eigenvalue weighted by molar-refractivity contribution is 7.81. The van der Waals surface area contributed by atoms with Crippen LogP contribution in [-0.2, 0) is 10.2 Å². The van der Waals surface area contributed by atoms with E-state index in [0.29, 0.717) is 6.42 Å². The molecule has 0 aromatic heterocycles. The minimum atomic E-state index is -0.496. The number of carbonyl (C=O) groups is 1. The molecular formula is C22H20OS. The lowest BCUT2D eigenvalue weighted by atomic mass is 9.66. The van der Waals surface area contributed by atoms with Crippen molar-refractivity contribution in [1.29, 1.82) is 0 Å². The van der Waals surface area contributed by atoms with Crippen molar-refractivity contribution < 1.29 is 4.79 Å². The van der Waals surface area contributed by atoms with Gasteiger partial charge in [0.2, 0.25) is 0 Å². The van der Waals surface area contributed by atoms with Crippen molar-refractivity contribution in [3.8, 4) is 0 Å². The minimum absolute atomic E-state index is 0.134. The monoisotopic (exact) mass is 332 g/mol. The molecule has 2 heteroatoms. The fraction of sp³-hybridized carbons (Fsp3) is 0.136. The Balaban J connectivity index is 2.30. The average Bonchev–Trinajstić information content (AvgIpc) is 2.68. The lowest BCUT2D eigenvalue weighted by molar-refractivity contribution is -0.117. The van der Waals surface area contributed by atoms with Crippen LogP contribution in [0.1, 0.15) is 23.1 Å². The molecule has 3 rings (SSSR count). The number of benzene rings is 3. The van der Waals surface area contributed by atoms with Crippen LogP contribution in [0.15, 0.2) is 91.0 Å². The zero-order valence-electron chi connectivity index (χ0n) is 13.4. The minimum Gasteiger partial charge on any atom is -0.299 e. The second kappa shape index (κ2) is 7.50. The number of hydrogen-bond donors (Lipinski definition) is 1. The molecule has 0 radical (unpaired) electrons. The van der Waals surface area contributed by atoms with Gasteiger partial charge in [-0.15, -0.1) is 0 Å². The van der Waals surface area contributed by atoms with Gasteiger partial charge in [-0.25, -0.2) is 0 Å². The summed E-state index contributed by atoms with van der Waals surface area (Å²) in [6.45, 7) is 0. The third-order valence-electron chi connectivity index (χ3n) is 4.44. The Labute approximate surface area is 148 Å². The second-order valence-electron chi connectivity index (χ2n) is 5.88. The molecule has 120 valence electrons.